The highest BCUT2D eigenvalue weighted by molar-refractivity contribution is 6.02. The summed E-state index contributed by atoms with van der Waals surface area (Å²) in [6.07, 6.45) is 1.73. The van der Waals surface area contributed by atoms with Gasteiger partial charge in [-0.3, -0.25) is 4.79 Å². The van der Waals surface area contributed by atoms with Crippen molar-refractivity contribution < 1.29 is 14.3 Å². The zero-order chi connectivity index (χ0) is 17.4. The number of carbonyl (C=O) groups excluding carboxylic acids is 1. The Hall–Kier alpha value is -2.49. The summed E-state index contributed by atoms with van der Waals surface area (Å²) in [6, 6.07) is 13.9. The van der Waals surface area contributed by atoms with Crippen molar-refractivity contribution in [1.29, 1.82) is 0 Å². The molecule has 4 rings (SSSR count). The lowest BCUT2D eigenvalue weighted by molar-refractivity contribution is -0.118. The van der Waals surface area contributed by atoms with Crippen LogP contribution in [0.25, 0.3) is 0 Å². The van der Waals surface area contributed by atoms with Crippen LogP contribution in [0.1, 0.15) is 43.7 Å². The lowest BCUT2D eigenvalue weighted by Crippen LogP contribution is -2.28. The van der Waals surface area contributed by atoms with Gasteiger partial charge >= 0.3 is 0 Å². The summed E-state index contributed by atoms with van der Waals surface area (Å²) in [6.45, 7) is 5.40. The lowest BCUT2D eigenvalue weighted by Gasteiger charge is -2.22. The molecule has 0 radical (unpaired) electrons. The molecule has 2 aromatic rings. The molecule has 4 nitrogen and oxygen atoms in total. The second kappa shape index (κ2) is 6.10. The van der Waals surface area contributed by atoms with Crippen molar-refractivity contribution in [3.63, 3.8) is 0 Å². The fourth-order valence-electron chi connectivity index (χ4n) is 3.47. The largest absolute Gasteiger partial charge is 0.486 e. The van der Waals surface area contributed by atoms with Crippen LogP contribution in [0.3, 0.4) is 0 Å². The number of hydrogen-bond acceptors (Lipinski definition) is 3. The van der Waals surface area contributed by atoms with Crippen LogP contribution in [0.5, 0.6) is 11.5 Å². The standard InChI is InChI=1S/C21H23NO3/c1-14(2)16-5-3-4-6-17(16)22-20(23)21(9-10-21)15-7-8-18-19(13-15)25-12-11-24-18/h3-8,13-14H,9-12H2,1-2H3,(H,22,23). The molecule has 1 heterocycles. The van der Waals surface area contributed by atoms with E-state index in [9.17, 15) is 4.79 Å². The normalized spacial score (nSPS) is 17.2. The second-order valence-electron chi connectivity index (χ2n) is 7.14. The third-order valence-corrected chi connectivity index (χ3v) is 5.11. The van der Waals surface area contributed by atoms with Gasteiger partial charge in [0.05, 0.1) is 5.41 Å². The molecule has 130 valence electrons. The minimum absolute atomic E-state index is 0.0669. The number of para-hydroxylation sites is 1. The number of rotatable bonds is 4. The number of fused-ring (bicyclic) bond motifs is 1. The first kappa shape index (κ1) is 16.0. The molecule has 1 N–H and O–H groups in total. The van der Waals surface area contributed by atoms with E-state index in [4.69, 9.17) is 9.47 Å². The Labute approximate surface area is 148 Å². The quantitative estimate of drug-likeness (QED) is 0.907. The van der Waals surface area contributed by atoms with Gasteiger partial charge in [-0.2, -0.15) is 0 Å². The molecule has 1 fully saturated rings. The molecule has 2 aromatic carbocycles. The highest BCUT2D eigenvalue weighted by atomic mass is 16.6. The summed E-state index contributed by atoms with van der Waals surface area (Å²) in [7, 11) is 0. The SMILES string of the molecule is CC(C)c1ccccc1NC(=O)C1(c2ccc3c(c2)OCCO3)CC1. The minimum atomic E-state index is -0.445. The summed E-state index contributed by atoms with van der Waals surface area (Å²) in [5.74, 6) is 1.93. The molecule has 4 heteroatoms. The molecule has 0 spiro atoms. The minimum Gasteiger partial charge on any atom is -0.486 e. The van der Waals surface area contributed by atoms with Gasteiger partial charge in [0, 0.05) is 5.69 Å². The van der Waals surface area contributed by atoms with Crippen LogP contribution in [-0.4, -0.2) is 19.1 Å². The van der Waals surface area contributed by atoms with E-state index in [-0.39, 0.29) is 5.91 Å². The van der Waals surface area contributed by atoms with E-state index >= 15 is 0 Å². The van der Waals surface area contributed by atoms with Crippen LogP contribution in [0.15, 0.2) is 42.5 Å². The van der Waals surface area contributed by atoms with Crippen molar-refractivity contribution in [1.82, 2.24) is 0 Å². The summed E-state index contributed by atoms with van der Waals surface area (Å²) >= 11 is 0. The van der Waals surface area contributed by atoms with Crippen LogP contribution in [0.4, 0.5) is 5.69 Å². The van der Waals surface area contributed by atoms with Crippen molar-refractivity contribution >= 4 is 11.6 Å². The molecule has 2 aliphatic rings. The third kappa shape index (κ3) is 2.86. The first-order valence-electron chi connectivity index (χ1n) is 8.91. The highest BCUT2D eigenvalue weighted by Crippen LogP contribution is 2.51. The van der Waals surface area contributed by atoms with Crippen LogP contribution >= 0.6 is 0 Å². The fourth-order valence-corrected chi connectivity index (χ4v) is 3.47. The Morgan fingerprint density at radius 1 is 1.04 bits per heavy atom. The molecule has 0 aromatic heterocycles. The number of ether oxygens (including phenoxy) is 2. The maximum atomic E-state index is 13.1. The van der Waals surface area contributed by atoms with E-state index in [0.29, 0.717) is 19.1 Å². The molecule has 1 aliphatic heterocycles. The summed E-state index contributed by atoms with van der Waals surface area (Å²) in [5, 5.41) is 3.16. The van der Waals surface area contributed by atoms with Gasteiger partial charge in [-0.05, 0) is 48.1 Å². The van der Waals surface area contributed by atoms with Gasteiger partial charge in [0.25, 0.3) is 0 Å². The molecule has 1 amide bonds. The van der Waals surface area contributed by atoms with Gasteiger partial charge in [-0.1, -0.05) is 38.1 Å². The Morgan fingerprint density at radius 3 is 2.48 bits per heavy atom. The van der Waals surface area contributed by atoms with Gasteiger partial charge in [0.2, 0.25) is 5.91 Å². The predicted molar refractivity (Wildman–Crippen MR) is 97.5 cm³/mol. The Kier molecular flexibility index (Phi) is 3.91. The summed E-state index contributed by atoms with van der Waals surface area (Å²) in [4.78, 5) is 13.1. The van der Waals surface area contributed by atoms with E-state index in [0.717, 1.165) is 41.2 Å². The van der Waals surface area contributed by atoms with E-state index in [1.165, 1.54) is 0 Å². The Balaban J connectivity index is 1.60. The Morgan fingerprint density at radius 2 is 1.76 bits per heavy atom. The lowest BCUT2D eigenvalue weighted by atomic mass is 9.93. The zero-order valence-electron chi connectivity index (χ0n) is 14.7. The molecule has 1 saturated carbocycles. The fraction of sp³-hybridized carbons (Fsp3) is 0.381. The molecule has 0 saturated heterocycles. The number of benzene rings is 2. The third-order valence-electron chi connectivity index (χ3n) is 5.11. The first-order valence-corrected chi connectivity index (χ1v) is 8.91. The van der Waals surface area contributed by atoms with Gasteiger partial charge in [-0.15, -0.1) is 0 Å². The molecule has 0 atom stereocenters. The average molecular weight is 337 g/mol. The van der Waals surface area contributed by atoms with Crippen LogP contribution in [-0.2, 0) is 10.2 Å². The maximum absolute atomic E-state index is 13.1. The predicted octanol–water partition coefficient (Wildman–Crippen LogP) is 4.25. The zero-order valence-corrected chi connectivity index (χ0v) is 14.7. The van der Waals surface area contributed by atoms with Crippen molar-refractivity contribution in [3.05, 3.63) is 53.6 Å². The highest BCUT2D eigenvalue weighted by Gasteiger charge is 2.51. The summed E-state index contributed by atoms with van der Waals surface area (Å²) < 4.78 is 11.3. The Bertz CT molecular complexity index is 809. The number of carbonyl (C=O) groups is 1. The van der Waals surface area contributed by atoms with Crippen LogP contribution in [0.2, 0.25) is 0 Å². The van der Waals surface area contributed by atoms with E-state index in [1.54, 1.807) is 0 Å². The van der Waals surface area contributed by atoms with E-state index in [2.05, 4.69) is 25.2 Å². The number of nitrogens with one attached hydrogen (secondary N) is 1. The summed E-state index contributed by atoms with van der Waals surface area (Å²) in [5.41, 5.74) is 2.64. The van der Waals surface area contributed by atoms with Crippen molar-refractivity contribution in [2.24, 2.45) is 0 Å². The van der Waals surface area contributed by atoms with Crippen LogP contribution in [0, 0.1) is 0 Å². The first-order chi connectivity index (χ1) is 12.1. The topological polar surface area (TPSA) is 47.6 Å². The van der Waals surface area contributed by atoms with Gasteiger partial charge in [-0.25, -0.2) is 0 Å². The van der Waals surface area contributed by atoms with Gasteiger partial charge < -0.3 is 14.8 Å². The maximum Gasteiger partial charge on any atom is 0.235 e. The average Bonchev–Trinajstić information content (AvgIpc) is 3.43. The molecule has 1 aliphatic carbocycles. The molecule has 0 bridgehead atoms. The van der Waals surface area contributed by atoms with Gasteiger partial charge in [0.15, 0.2) is 11.5 Å². The smallest absolute Gasteiger partial charge is 0.235 e. The molecular formula is C21H23NO3. The number of hydrogen-bond donors (Lipinski definition) is 1. The van der Waals surface area contributed by atoms with Crippen LogP contribution < -0.4 is 14.8 Å². The molecular weight excluding hydrogens is 314 g/mol. The monoisotopic (exact) mass is 337 g/mol. The van der Waals surface area contributed by atoms with Gasteiger partial charge in [0.1, 0.15) is 13.2 Å². The molecule has 25 heavy (non-hydrogen) atoms. The number of amides is 1. The molecule has 0 unspecified atom stereocenters. The number of anilines is 1. The van der Waals surface area contributed by atoms with E-state index in [1.807, 2.05) is 36.4 Å². The second-order valence-corrected chi connectivity index (χ2v) is 7.14. The van der Waals surface area contributed by atoms with Crippen molar-refractivity contribution in [2.75, 3.05) is 18.5 Å². The van der Waals surface area contributed by atoms with Crippen molar-refractivity contribution in [3.8, 4) is 11.5 Å². The van der Waals surface area contributed by atoms with Crippen molar-refractivity contribution in [2.45, 2.75) is 38.0 Å². The van der Waals surface area contributed by atoms with E-state index < -0.39 is 5.41 Å².